The highest BCUT2D eigenvalue weighted by molar-refractivity contribution is 7.99. The largest absolute Gasteiger partial charge is 0.478 e. The predicted molar refractivity (Wildman–Crippen MR) is 72.0 cm³/mol. The summed E-state index contributed by atoms with van der Waals surface area (Å²) >= 11 is 7.00. The van der Waals surface area contributed by atoms with Gasteiger partial charge in [0.1, 0.15) is 27.0 Å². The number of carbonyl (C=O) groups is 1. The molecular formula is C11H6ClN5O2S. The van der Waals surface area contributed by atoms with Crippen LogP contribution < -0.4 is 0 Å². The number of fused-ring (bicyclic) bond motifs is 1. The number of nitrogens with one attached hydrogen (secondary N) is 1. The second-order valence-electron chi connectivity index (χ2n) is 3.70. The van der Waals surface area contributed by atoms with E-state index in [-0.39, 0.29) is 10.7 Å². The number of rotatable bonds is 3. The van der Waals surface area contributed by atoms with Gasteiger partial charge in [-0.3, -0.25) is 0 Å². The maximum absolute atomic E-state index is 11.0. The van der Waals surface area contributed by atoms with Crippen LogP contribution in [0.1, 0.15) is 10.4 Å². The average molecular weight is 308 g/mol. The zero-order valence-corrected chi connectivity index (χ0v) is 11.3. The standard InChI is InChI=1S/C11H6ClN5O2S/c12-6-1-5(11(18)19)2-7(17-6)20-10-8-9(14-3-13-8)15-4-16-10/h1-4H,(H,18,19)(H,13,14,15,16). The molecule has 0 spiro atoms. The first-order valence-electron chi connectivity index (χ1n) is 5.36. The van der Waals surface area contributed by atoms with Crippen LogP contribution in [0.2, 0.25) is 5.15 Å². The number of halogens is 1. The third-order valence-corrected chi connectivity index (χ3v) is 3.52. The van der Waals surface area contributed by atoms with Crippen LogP contribution in [-0.2, 0) is 0 Å². The molecule has 0 amide bonds. The van der Waals surface area contributed by atoms with Gasteiger partial charge in [0.25, 0.3) is 0 Å². The molecule has 0 unspecified atom stereocenters. The minimum Gasteiger partial charge on any atom is -0.478 e. The zero-order chi connectivity index (χ0) is 14.1. The number of imidazole rings is 1. The van der Waals surface area contributed by atoms with E-state index in [1.165, 1.54) is 36.5 Å². The number of aromatic amines is 1. The summed E-state index contributed by atoms with van der Waals surface area (Å²) in [5.41, 5.74) is 1.27. The lowest BCUT2D eigenvalue weighted by atomic mass is 10.3. The molecule has 0 aliphatic heterocycles. The van der Waals surface area contributed by atoms with Crippen LogP contribution in [0.25, 0.3) is 11.2 Å². The molecule has 0 fully saturated rings. The monoisotopic (exact) mass is 307 g/mol. The van der Waals surface area contributed by atoms with Crippen molar-refractivity contribution in [3.05, 3.63) is 35.5 Å². The second kappa shape index (κ2) is 5.06. The molecule has 3 rings (SSSR count). The second-order valence-corrected chi connectivity index (χ2v) is 5.10. The fourth-order valence-corrected chi connectivity index (χ4v) is 2.71. The van der Waals surface area contributed by atoms with Crippen LogP contribution in [0.3, 0.4) is 0 Å². The quantitative estimate of drug-likeness (QED) is 0.564. The number of carboxylic acids is 1. The molecule has 9 heteroatoms. The highest BCUT2D eigenvalue weighted by atomic mass is 35.5. The van der Waals surface area contributed by atoms with E-state index in [1.807, 2.05) is 0 Å². The van der Waals surface area contributed by atoms with Gasteiger partial charge < -0.3 is 10.1 Å². The lowest BCUT2D eigenvalue weighted by Crippen LogP contribution is -1.98. The number of carboxylic acid groups (broad SMARTS) is 1. The third kappa shape index (κ3) is 2.43. The smallest absolute Gasteiger partial charge is 0.335 e. The fourth-order valence-electron chi connectivity index (χ4n) is 1.57. The molecule has 100 valence electrons. The predicted octanol–water partition coefficient (Wildman–Crippen LogP) is 2.25. The van der Waals surface area contributed by atoms with Gasteiger partial charge in [-0.05, 0) is 23.9 Å². The Labute approximate surface area is 121 Å². The van der Waals surface area contributed by atoms with Crippen LogP contribution in [0.15, 0.2) is 34.8 Å². The summed E-state index contributed by atoms with van der Waals surface area (Å²) in [5.74, 6) is -1.06. The van der Waals surface area contributed by atoms with Gasteiger partial charge in [-0.25, -0.2) is 24.7 Å². The van der Waals surface area contributed by atoms with Crippen LogP contribution >= 0.6 is 23.4 Å². The molecular weight excluding hydrogens is 302 g/mol. The number of nitrogens with zero attached hydrogens (tertiary/aromatic N) is 4. The van der Waals surface area contributed by atoms with Crippen LogP contribution in [0.5, 0.6) is 0 Å². The lowest BCUT2D eigenvalue weighted by molar-refractivity contribution is 0.0696. The summed E-state index contributed by atoms with van der Waals surface area (Å²) in [6, 6.07) is 2.73. The Balaban J connectivity index is 2.02. The molecule has 0 aliphatic carbocycles. The Bertz CT molecular complexity index is 806. The van der Waals surface area contributed by atoms with Crippen molar-refractivity contribution in [2.75, 3.05) is 0 Å². The molecule has 7 nitrogen and oxygen atoms in total. The topological polar surface area (TPSA) is 105 Å². The number of H-pyrrole nitrogens is 1. The first kappa shape index (κ1) is 12.8. The van der Waals surface area contributed by atoms with Crippen molar-refractivity contribution in [3.63, 3.8) is 0 Å². The van der Waals surface area contributed by atoms with Gasteiger partial charge in [0.05, 0.1) is 11.9 Å². The first-order chi connectivity index (χ1) is 9.63. The Morgan fingerprint density at radius 2 is 2.15 bits per heavy atom. The van der Waals surface area contributed by atoms with Crippen LogP contribution in [0.4, 0.5) is 0 Å². The van der Waals surface area contributed by atoms with E-state index in [0.29, 0.717) is 21.2 Å². The van der Waals surface area contributed by atoms with Crippen molar-refractivity contribution in [2.45, 2.75) is 10.1 Å². The summed E-state index contributed by atoms with van der Waals surface area (Å²) in [6.07, 6.45) is 2.89. The Morgan fingerprint density at radius 1 is 1.30 bits per heavy atom. The molecule has 3 aromatic heterocycles. The Hall–Kier alpha value is -2.19. The zero-order valence-electron chi connectivity index (χ0n) is 9.74. The van der Waals surface area contributed by atoms with Gasteiger partial charge in [-0.2, -0.15) is 0 Å². The van der Waals surface area contributed by atoms with E-state index in [1.54, 1.807) is 0 Å². The Kier molecular flexibility index (Phi) is 3.25. The van der Waals surface area contributed by atoms with Crippen LogP contribution in [-0.4, -0.2) is 36.0 Å². The van der Waals surface area contributed by atoms with Gasteiger partial charge in [0.15, 0.2) is 5.65 Å². The van der Waals surface area contributed by atoms with Crippen molar-refractivity contribution in [3.8, 4) is 0 Å². The average Bonchev–Trinajstić information content (AvgIpc) is 2.87. The van der Waals surface area contributed by atoms with E-state index in [2.05, 4.69) is 24.9 Å². The van der Waals surface area contributed by atoms with E-state index in [9.17, 15) is 4.79 Å². The molecule has 3 heterocycles. The molecule has 0 saturated heterocycles. The SMILES string of the molecule is O=C(O)c1cc(Cl)nc(Sc2ncnc3nc[nH]c23)c1. The van der Waals surface area contributed by atoms with Crippen molar-refractivity contribution in [2.24, 2.45) is 0 Å². The molecule has 0 bridgehead atoms. The number of aromatic carboxylic acids is 1. The summed E-state index contributed by atoms with van der Waals surface area (Å²) < 4.78 is 0. The minimum atomic E-state index is -1.06. The first-order valence-corrected chi connectivity index (χ1v) is 6.56. The molecule has 0 atom stereocenters. The minimum absolute atomic E-state index is 0.0717. The molecule has 0 saturated carbocycles. The summed E-state index contributed by atoms with van der Waals surface area (Å²) in [7, 11) is 0. The third-order valence-electron chi connectivity index (χ3n) is 2.41. The maximum Gasteiger partial charge on any atom is 0.335 e. The van der Waals surface area contributed by atoms with Gasteiger partial charge in [0.2, 0.25) is 0 Å². The number of hydrogen-bond acceptors (Lipinski definition) is 6. The van der Waals surface area contributed by atoms with Gasteiger partial charge in [-0.1, -0.05) is 11.6 Å². The maximum atomic E-state index is 11.0. The van der Waals surface area contributed by atoms with E-state index >= 15 is 0 Å². The van der Waals surface area contributed by atoms with E-state index in [0.717, 1.165) is 0 Å². The fraction of sp³-hybridized carbons (Fsp3) is 0. The summed E-state index contributed by atoms with van der Waals surface area (Å²) in [5, 5.41) is 10.1. The highest BCUT2D eigenvalue weighted by Gasteiger charge is 2.12. The number of pyridine rings is 1. The van der Waals surface area contributed by atoms with Gasteiger partial charge >= 0.3 is 5.97 Å². The molecule has 0 aliphatic rings. The van der Waals surface area contributed by atoms with E-state index < -0.39 is 5.97 Å². The molecule has 2 N–H and O–H groups in total. The Morgan fingerprint density at radius 3 is 2.95 bits per heavy atom. The number of hydrogen-bond donors (Lipinski definition) is 2. The molecule has 0 radical (unpaired) electrons. The van der Waals surface area contributed by atoms with Crippen molar-refractivity contribution < 1.29 is 9.90 Å². The van der Waals surface area contributed by atoms with Crippen molar-refractivity contribution in [1.29, 1.82) is 0 Å². The number of aromatic nitrogens is 5. The van der Waals surface area contributed by atoms with Gasteiger partial charge in [-0.15, -0.1) is 0 Å². The lowest BCUT2D eigenvalue weighted by Gasteiger charge is -2.03. The normalized spacial score (nSPS) is 10.8. The molecule has 20 heavy (non-hydrogen) atoms. The molecule has 0 aromatic carbocycles. The summed E-state index contributed by atoms with van der Waals surface area (Å²) in [4.78, 5) is 30.1. The van der Waals surface area contributed by atoms with E-state index in [4.69, 9.17) is 16.7 Å². The summed E-state index contributed by atoms with van der Waals surface area (Å²) in [6.45, 7) is 0. The molecule has 3 aromatic rings. The van der Waals surface area contributed by atoms with Gasteiger partial charge in [0, 0.05) is 0 Å². The van der Waals surface area contributed by atoms with Crippen molar-refractivity contribution >= 4 is 40.5 Å². The van der Waals surface area contributed by atoms with Crippen molar-refractivity contribution in [1.82, 2.24) is 24.9 Å². The van der Waals surface area contributed by atoms with Crippen LogP contribution in [0, 0.1) is 0 Å². The highest BCUT2D eigenvalue weighted by Crippen LogP contribution is 2.29.